The average molecular weight is 260 g/mol. The fourth-order valence-corrected chi connectivity index (χ4v) is 3.94. The predicted molar refractivity (Wildman–Crippen MR) is 75.9 cm³/mol. The second-order valence-electron chi connectivity index (χ2n) is 6.73. The van der Waals surface area contributed by atoms with Gasteiger partial charge in [-0.2, -0.15) is 0 Å². The zero-order chi connectivity index (χ0) is 13.5. The molecule has 1 aliphatic carbocycles. The molecule has 3 unspecified atom stereocenters. The highest BCUT2D eigenvalue weighted by atomic mass is 16.6. The number of rotatable bonds is 3. The van der Waals surface area contributed by atoms with Gasteiger partial charge in [-0.1, -0.05) is 36.8 Å². The first-order valence-electron chi connectivity index (χ1n) is 7.37. The molecular weight excluding hydrogens is 236 g/mol. The van der Waals surface area contributed by atoms with E-state index in [1.54, 1.807) is 0 Å². The summed E-state index contributed by atoms with van der Waals surface area (Å²) in [6.07, 6.45) is 3.83. The van der Waals surface area contributed by atoms with Gasteiger partial charge < -0.3 is 9.47 Å². The van der Waals surface area contributed by atoms with Crippen molar-refractivity contribution in [3.63, 3.8) is 0 Å². The normalized spacial score (nSPS) is 36.4. The molecule has 2 heteroatoms. The lowest BCUT2D eigenvalue weighted by Gasteiger charge is -2.36. The predicted octanol–water partition coefficient (Wildman–Crippen LogP) is 3.94. The fraction of sp³-hybridized carbons (Fsp3) is 0.647. The third-order valence-corrected chi connectivity index (χ3v) is 4.82. The molecule has 1 saturated heterocycles. The van der Waals surface area contributed by atoms with Crippen molar-refractivity contribution >= 4 is 0 Å². The summed E-state index contributed by atoms with van der Waals surface area (Å²) in [5.41, 5.74) is 1.10. The van der Waals surface area contributed by atoms with E-state index in [-0.39, 0.29) is 17.3 Å². The Bertz CT molecular complexity index is 440. The van der Waals surface area contributed by atoms with Crippen LogP contribution in [0.5, 0.6) is 0 Å². The Morgan fingerprint density at radius 3 is 2.63 bits per heavy atom. The van der Waals surface area contributed by atoms with Crippen molar-refractivity contribution < 1.29 is 9.47 Å². The van der Waals surface area contributed by atoms with Gasteiger partial charge in [0.1, 0.15) is 0 Å². The van der Waals surface area contributed by atoms with Crippen LogP contribution in [-0.4, -0.2) is 17.3 Å². The number of hydrogen-bond acceptors (Lipinski definition) is 2. The summed E-state index contributed by atoms with van der Waals surface area (Å²) >= 11 is 0. The quantitative estimate of drug-likeness (QED) is 0.819. The molecule has 3 rings (SSSR count). The number of hydrogen-bond donors (Lipinski definition) is 0. The molecule has 0 spiro atoms. The molecule has 3 atom stereocenters. The minimum absolute atomic E-state index is 0.0490. The number of benzene rings is 1. The summed E-state index contributed by atoms with van der Waals surface area (Å²) in [5.74, 6) is 0.523. The molecule has 0 N–H and O–H groups in total. The van der Waals surface area contributed by atoms with Crippen LogP contribution in [-0.2, 0) is 16.1 Å². The van der Waals surface area contributed by atoms with E-state index < -0.39 is 0 Å². The Morgan fingerprint density at radius 2 is 1.95 bits per heavy atom. The Hall–Kier alpha value is -0.860. The lowest BCUT2D eigenvalue weighted by Crippen LogP contribution is -2.43. The first-order chi connectivity index (χ1) is 9.01. The van der Waals surface area contributed by atoms with E-state index in [1.165, 1.54) is 18.4 Å². The van der Waals surface area contributed by atoms with Gasteiger partial charge in [0.2, 0.25) is 0 Å². The number of ether oxygens (including phenoxy) is 2. The van der Waals surface area contributed by atoms with Crippen LogP contribution in [0.3, 0.4) is 0 Å². The molecular formula is C17H24O2. The zero-order valence-corrected chi connectivity index (χ0v) is 12.2. The van der Waals surface area contributed by atoms with E-state index in [0.717, 1.165) is 6.42 Å². The van der Waals surface area contributed by atoms with Gasteiger partial charge in [-0.15, -0.1) is 0 Å². The fourth-order valence-electron chi connectivity index (χ4n) is 3.94. The molecule has 2 aliphatic rings. The molecule has 1 aliphatic heterocycles. The largest absolute Gasteiger partial charge is 0.370 e. The Morgan fingerprint density at radius 1 is 1.21 bits per heavy atom. The molecule has 1 heterocycles. The highest BCUT2D eigenvalue weighted by molar-refractivity contribution is 5.14. The van der Waals surface area contributed by atoms with Crippen molar-refractivity contribution in [3.8, 4) is 0 Å². The highest BCUT2D eigenvalue weighted by Crippen LogP contribution is 2.52. The van der Waals surface area contributed by atoms with Crippen molar-refractivity contribution in [1.29, 1.82) is 0 Å². The van der Waals surface area contributed by atoms with Gasteiger partial charge in [-0.05, 0) is 39.2 Å². The Balaban J connectivity index is 1.74. The van der Waals surface area contributed by atoms with Crippen LogP contribution in [0.2, 0.25) is 0 Å². The number of fused-ring (bicyclic) bond motifs is 2. The average Bonchev–Trinajstić information content (AvgIpc) is 2.47. The maximum Gasteiger partial charge on any atom is 0.0926 e. The third kappa shape index (κ3) is 2.32. The van der Waals surface area contributed by atoms with Crippen LogP contribution in [0.1, 0.15) is 45.6 Å². The van der Waals surface area contributed by atoms with Crippen LogP contribution in [0, 0.1) is 5.92 Å². The highest BCUT2D eigenvalue weighted by Gasteiger charge is 2.58. The molecule has 0 radical (unpaired) electrons. The summed E-state index contributed by atoms with van der Waals surface area (Å²) in [4.78, 5) is 0. The molecule has 2 bridgehead atoms. The van der Waals surface area contributed by atoms with Gasteiger partial charge in [0, 0.05) is 5.92 Å². The zero-order valence-electron chi connectivity index (χ0n) is 12.2. The van der Waals surface area contributed by atoms with Crippen molar-refractivity contribution in [2.75, 3.05) is 0 Å². The lowest BCUT2D eigenvalue weighted by atomic mass is 9.74. The van der Waals surface area contributed by atoms with Crippen molar-refractivity contribution in [2.45, 2.75) is 63.9 Å². The minimum atomic E-state index is -0.0960. The molecule has 1 aromatic rings. The summed E-state index contributed by atoms with van der Waals surface area (Å²) in [7, 11) is 0. The molecule has 2 fully saturated rings. The van der Waals surface area contributed by atoms with Crippen LogP contribution < -0.4 is 0 Å². The van der Waals surface area contributed by atoms with Gasteiger partial charge in [0.25, 0.3) is 0 Å². The molecule has 2 nitrogen and oxygen atoms in total. The molecule has 104 valence electrons. The SMILES string of the molecule is CC1(C)OC2(C)CCCC1C2OCc1ccccc1. The van der Waals surface area contributed by atoms with E-state index in [2.05, 4.69) is 45.0 Å². The molecule has 1 saturated carbocycles. The van der Waals surface area contributed by atoms with Crippen molar-refractivity contribution in [2.24, 2.45) is 5.92 Å². The topological polar surface area (TPSA) is 18.5 Å². The van der Waals surface area contributed by atoms with Crippen LogP contribution in [0.15, 0.2) is 30.3 Å². The summed E-state index contributed by atoms with van der Waals surface area (Å²) in [6.45, 7) is 7.35. The van der Waals surface area contributed by atoms with Gasteiger partial charge in [0.15, 0.2) is 0 Å². The smallest absolute Gasteiger partial charge is 0.0926 e. The molecule has 1 aromatic carbocycles. The molecule has 0 aromatic heterocycles. The summed E-state index contributed by atoms with van der Waals surface area (Å²) in [6, 6.07) is 10.4. The minimum Gasteiger partial charge on any atom is -0.370 e. The maximum absolute atomic E-state index is 6.34. The van der Waals surface area contributed by atoms with Crippen molar-refractivity contribution in [3.05, 3.63) is 35.9 Å². The second kappa shape index (κ2) is 4.60. The van der Waals surface area contributed by atoms with Crippen LogP contribution >= 0.6 is 0 Å². The van der Waals surface area contributed by atoms with E-state index >= 15 is 0 Å². The van der Waals surface area contributed by atoms with Gasteiger partial charge in [0.05, 0.1) is 23.9 Å². The molecule has 0 amide bonds. The van der Waals surface area contributed by atoms with E-state index in [9.17, 15) is 0 Å². The van der Waals surface area contributed by atoms with E-state index in [4.69, 9.17) is 9.47 Å². The third-order valence-electron chi connectivity index (χ3n) is 4.82. The van der Waals surface area contributed by atoms with Crippen molar-refractivity contribution in [1.82, 2.24) is 0 Å². The maximum atomic E-state index is 6.34. The van der Waals surface area contributed by atoms with E-state index in [0.29, 0.717) is 12.5 Å². The van der Waals surface area contributed by atoms with Gasteiger partial charge >= 0.3 is 0 Å². The molecule has 19 heavy (non-hydrogen) atoms. The first kappa shape index (κ1) is 13.1. The summed E-state index contributed by atoms with van der Waals surface area (Å²) in [5, 5.41) is 0. The van der Waals surface area contributed by atoms with Crippen LogP contribution in [0.25, 0.3) is 0 Å². The van der Waals surface area contributed by atoms with Crippen LogP contribution in [0.4, 0.5) is 0 Å². The van der Waals surface area contributed by atoms with E-state index in [1.807, 2.05) is 6.07 Å². The monoisotopic (exact) mass is 260 g/mol. The first-order valence-corrected chi connectivity index (χ1v) is 7.37. The van der Waals surface area contributed by atoms with Gasteiger partial charge in [-0.3, -0.25) is 0 Å². The lowest BCUT2D eigenvalue weighted by molar-refractivity contribution is -0.122. The van der Waals surface area contributed by atoms with Gasteiger partial charge in [-0.25, -0.2) is 0 Å². The second-order valence-corrected chi connectivity index (χ2v) is 6.73. The summed E-state index contributed by atoms with van der Waals surface area (Å²) < 4.78 is 12.6. The Kier molecular flexibility index (Phi) is 3.18. The standard InChI is InChI=1S/C17H24O2/c1-16(2)14-10-7-11-17(3,19-16)15(14)18-12-13-8-5-4-6-9-13/h4-6,8-9,14-15H,7,10-12H2,1-3H3. The Labute approximate surface area is 116 Å².